The van der Waals surface area contributed by atoms with Crippen molar-refractivity contribution in [3.8, 4) is 0 Å². The molecule has 0 aromatic rings. The molecule has 0 unspecified atom stereocenters. The molecule has 0 aliphatic heterocycles. The summed E-state index contributed by atoms with van der Waals surface area (Å²) >= 11 is 0. The SMILES string of the molecule is C=C/C=C/[Si]C(OC)OC. The first kappa shape index (κ1) is 9.62. The highest BCUT2D eigenvalue weighted by atomic mass is 28.2. The summed E-state index contributed by atoms with van der Waals surface area (Å²) in [5.74, 6) is -0.101. The fourth-order valence-electron chi connectivity index (χ4n) is 0.434. The maximum atomic E-state index is 4.95. The Balaban J connectivity index is 3.43. The van der Waals surface area contributed by atoms with Crippen LogP contribution >= 0.6 is 0 Å². The summed E-state index contributed by atoms with van der Waals surface area (Å²) in [5, 5.41) is 0. The lowest BCUT2D eigenvalue weighted by Crippen LogP contribution is -2.19. The smallest absolute Gasteiger partial charge is 0.147 e. The standard InChI is InChI=1S/C7H12O2Si/c1-4-5-6-10-7(8-2)9-3/h4-7H,1H2,2-3H3/b6-5+. The van der Waals surface area contributed by atoms with Crippen molar-refractivity contribution in [3.63, 3.8) is 0 Å². The molecule has 0 rings (SSSR count). The molecule has 0 aromatic carbocycles. The first-order valence-corrected chi connectivity index (χ1v) is 4.09. The zero-order valence-corrected chi connectivity index (χ0v) is 7.33. The third-order valence-corrected chi connectivity index (χ3v) is 2.02. The van der Waals surface area contributed by atoms with Crippen LogP contribution in [-0.4, -0.2) is 29.7 Å². The van der Waals surface area contributed by atoms with Gasteiger partial charge in [0.1, 0.15) is 15.4 Å². The number of rotatable bonds is 5. The molecule has 0 N–H and O–H groups in total. The van der Waals surface area contributed by atoms with Gasteiger partial charge in [-0.3, -0.25) is 0 Å². The molecule has 0 atom stereocenters. The van der Waals surface area contributed by atoms with E-state index in [9.17, 15) is 0 Å². The van der Waals surface area contributed by atoms with E-state index in [1.807, 2.05) is 11.8 Å². The van der Waals surface area contributed by atoms with Crippen molar-refractivity contribution in [1.29, 1.82) is 0 Å². The van der Waals surface area contributed by atoms with Crippen molar-refractivity contribution >= 4 is 9.52 Å². The van der Waals surface area contributed by atoms with Crippen LogP contribution in [0, 0.1) is 0 Å². The van der Waals surface area contributed by atoms with Crippen LogP contribution in [-0.2, 0) is 9.47 Å². The van der Waals surface area contributed by atoms with Crippen LogP contribution in [0.15, 0.2) is 24.4 Å². The Morgan fingerprint density at radius 2 is 2.00 bits per heavy atom. The Hall–Kier alpha value is -0.383. The molecule has 0 saturated heterocycles. The van der Waals surface area contributed by atoms with Crippen LogP contribution in [0.5, 0.6) is 0 Å². The van der Waals surface area contributed by atoms with Gasteiger partial charge in [0.2, 0.25) is 0 Å². The summed E-state index contributed by atoms with van der Waals surface area (Å²) in [4.78, 5) is 0. The Morgan fingerprint density at radius 1 is 1.40 bits per heavy atom. The Kier molecular flexibility index (Phi) is 6.47. The first-order valence-electron chi connectivity index (χ1n) is 2.94. The highest BCUT2D eigenvalue weighted by Crippen LogP contribution is 1.87. The highest BCUT2D eigenvalue weighted by Gasteiger charge is 2.00. The molecule has 2 radical (unpaired) electrons. The summed E-state index contributed by atoms with van der Waals surface area (Å²) in [7, 11) is 3.79. The van der Waals surface area contributed by atoms with Crippen molar-refractivity contribution in [3.05, 3.63) is 24.4 Å². The second kappa shape index (κ2) is 6.73. The van der Waals surface area contributed by atoms with Crippen molar-refractivity contribution in [2.45, 2.75) is 5.91 Å². The van der Waals surface area contributed by atoms with Gasteiger partial charge in [-0.25, -0.2) is 0 Å². The molecule has 0 bridgehead atoms. The van der Waals surface area contributed by atoms with Gasteiger partial charge >= 0.3 is 0 Å². The summed E-state index contributed by atoms with van der Waals surface area (Å²) in [6.45, 7) is 3.55. The van der Waals surface area contributed by atoms with E-state index >= 15 is 0 Å². The molecular weight excluding hydrogens is 144 g/mol. The molecule has 0 saturated carbocycles. The van der Waals surface area contributed by atoms with E-state index in [1.54, 1.807) is 20.3 Å². The summed E-state index contributed by atoms with van der Waals surface area (Å²) in [6, 6.07) is 0. The average Bonchev–Trinajstić information content (AvgIpc) is 1.99. The van der Waals surface area contributed by atoms with E-state index in [4.69, 9.17) is 9.47 Å². The molecule has 0 heterocycles. The summed E-state index contributed by atoms with van der Waals surface area (Å²) in [5.41, 5.74) is 1.98. The van der Waals surface area contributed by atoms with Crippen LogP contribution in [0.25, 0.3) is 0 Å². The first-order chi connectivity index (χ1) is 4.85. The van der Waals surface area contributed by atoms with Crippen molar-refractivity contribution in [2.75, 3.05) is 14.2 Å². The molecule has 0 aliphatic rings. The molecule has 0 aromatic heterocycles. The van der Waals surface area contributed by atoms with Gasteiger partial charge in [-0.1, -0.05) is 24.4 Å². The highest BCUT2D eigenvalue weighted by molar-refractivity contribution is 6.43. The third-order valence-electron chi connectivity index (χ3n) is 0.893. The molecule has 2 nitrogen and oxygen atoms in total. The van der Waals surface area contributed by atoms with Crippen molar-refractivity contribution in [1.82, 2.24) is 0 Å². The zero-order valence-electron chi connectivity index (χ0n) is 6.33. The number of ether oxygens (including phenoxy) is 2. The second-order valence-corrected chi connectivity index (χ2v) is 2.70. The van der Waals surface area contributed by atoms with Gasteiger partial charge in [-0.05, 0) is 0 Å². The van der Waals surface area contributed by atoms with E-state index in [1.165, 1.54) is 0 Å². The van der Waals surface area contributed by atoms with Crippen LogP contribution in [0.3, 0.4) is 0 Å². The number of hydrogen-bond acceptors (Lipinski definition) is 2. The molecule has 3 heteroatoms. The van der Waals surface area contributed by atoms with Crippen molar-refractivity contribution in [2.24, 2.45) is 0 Å². The van der Waals surface area contributed by atoms with Gasteiger partial charge in [-0.2, -0.15) is 0 Å². The average molecular weight is 156 g/mol. The van der Waals surface area contributed by atoms with Crippen LogP contribution in [0.4, 0.5) is 0 Å². The quantitative estimate of drug-likeness (QED) is 0.335. The lowest BCUT2D eigenvalue weighted by molar-refractivity contribution is -0.0430. The minimum atomic E-state index is -0.101. The van der Waals surface area contributed by atoms with Gasteiger partial charge in [0, 0.05) is 14.2 Å². The van der Waals surface area contributed by atoms with Gasteiger partial charge < -0.3 is 9.47 Å². The molecule has 0 aliphatic carbocycles. The maximum Gasteiger partial charge on any atom is 0.147 e. The van der Waals surface area contributed by atoms with E-state index < -0.39 is 0 Å². The Labute approximate surface area is 64.4 Å². The second-order valence-electron chi connectivity index (χ2n) is 1.56. The molecular formula is C7H12O2Si. The minimum Gasteiger partial charge on any atom is -0.360 e. The fourth-order valence-corrected chi connectivity index (χ4v) is 1.11. The van der Waals surface area contributed by atoms with Gasteiger partial charge in [0.25, 0.3) is 0 Å². The molecule has 56 valence electrons. The van der Waals surface area contributed by atoms with Crippen LogP contribution < -0.4 is 0 Å². The van der Waals surface area contributed by atoms with Gasteiger partial charge in [0.15, 0.2) is 0 Å². The fraction of sp³-hybridized carbons (Fsp3) is 0.429. The van der Waals surface area contributed by atoms with Gasteiger partial charge in [-0.15, -0.1) is 0 Å². The Morgan fingerprint density at radius 3 is 2.40 bits per heavy atom. The van der Waals surface area contributed by atoms with Crippen LogP contribution in [0.1, 0.15) is 0 Å². The predicted octanol–water partition coefficient (Wildman–Crippen LogP) is 0.967. The van der Waals surface area contributed by atoms with E-state index in [0.717, 1.165) is 0 Å². The topological polar surface area (TPSA) is 18.5 Å². The molecule has 0 spiro atoms. The van der Waals surface area contributed by atoms with Gasteiger partial charge in [0.05, 0.1) is 0 Å². The van der Waals surface area contributed by atoms with E-state index in [0.29, 0.717) is 9.52 Å². The largest absolute Gasteiger partial charge is 0.360 e. The molecule has 0 fully saturated rings. The Bertz CT molecular complexity index is 108. The molecule has 10 heavy (non-hydrogen) atoms. The van der Waals surface area contributed by atoms with Crippen molar-refractivity contribution < 1.29 is 9.47 Å². The number of allylic oxidation sites excluding steroid dienone is 2. The summed E-state index contributed by atoms with van der Waals surface area (Å²) < 4.78 is 9.90. The predicted molar refractivity (Wildman–Crippen MR) is 42.9 cm³/mol. The van der Waals surface area contributed by atoms with E-state index in [2.05, 4.69) is 6.58 Å². The third kappa shape index (κ3) is 4.49. The normalized spacial score (nSPS) is 11.1. The number of hydrogen-bond donors (Lipinski definition) is 0. The minimum absolute atomic E-state index is 0.101. The summed E-state index contributed by atoms with van der Waals surface area (Å²) in [6.07, 6.45) is 3.61. The van der Waals surface area contributed by atoms with E-state index in [-0.39, 0.29) is 5.91 Å². The molecule has 0 amide bonds. The maximum absolute atomic E-state index is 4.95. The monoisotopic (exact) mass is 156 g/mol. The lowest BCUT2D eigenvalue weighted by Gasteiger charge is -2.08. The van der Waals surface area contributed by atoms with Crippen LogP contribution in [0.2, 0.25) is 0 Å². The number of methoxy groups -OCH3 is 2. The lowest BCUT2D eigenvalue weighted by atomic mass is 10.6. The zero-order chi connectivity index (χ0) is 7.82.